The first-order valence-electron chi connectivity index (χ1n) is 7.97. The van der Waals surface area contributed by atoms with Crippen molar-refractivity contribution in [2.24, 2.45) is 16.1 Å². The van der Waals surface area contributed by atoms with Crippen LogP contribution in [0.25, 0.3) is 0 Å². The first-order chi connectivity index (χ1) is 12.2. The number of likely N-dealkylation sites (N-methyl/N-ethyl adjacent to an activating group) is 1. The highest BCUT2D eigenvalue weighted by molar-refractivity contribution is 5.83. The first kappa shape index (κ1) is 18.1. The summed E-state index contributed by atoms with van der Waals surface area (Å²) in [6.45, 7) is 1.79. The molecule has 2 heterocycles. The maximum Gasteiger partial charge on any atom is 0.406 e. The van der Waals surface area contributed by atoms with Gasteiger partial charge in [-0.05, 0) is 11.1 Å². The van der Waals surface area contributed by atoms with Crippen molar-refractivity contribution in [1.82, 2.24) is 9.80 Å². The van der Waals surface area contributed by atoms with E-state index in [4.69, 9.17) is 0 Å². The second-order valence-electron chi connectivity index (χ2n) is 6.32. The van der Waals surface area contributed by atoms with Gasteiger partial charge in [0.25, 0.3) is 5.91 Å². The summed E-state index contributed by atoms with van der Waals surface area (Å²) in [5, 5.41) is 6.51. The number of hydrogen-bond donors (Lipinski definition) is 0. The van der Waals surface area contributed by atoms with Crippen LogP contribution in [-0.2, 0) is 16.1 Å². The van der Waals surface area contributed by atoms with Crippen molar-refractivity contribution < 1.29 is 22.8 Å². The minimum Gasteiger partial charge on any atom is -0.359 e. The molecule has 1 aromatic carbocycles. The van der Waals surface area contributed by atoms with Gasteiger partial charge in [-0.2, -0.15) is 18.3 Å². The summed E-state index contributed by atoms with van der Waals surface area (Å²) in [6, 6.07) is 6.74. The number of carbonyl (C=O) groups excluding carboxylic acids is 2. The maximum atomic E-state index is 13.5. The van der Waals surface area contributed by atoms with Crippen molar-refractivity contribution in [1.29, 1.82) is 0 Å². The lowest BCUT2D eigenvalue weighted by molar-refractivity contribution is -0.178. The molecule has 2 unspecified atom stereocenters. The van der Waals surface area contributed by atoms with Gasteiger partial charge in [0.15, 0.2) is 5.92 Å². The molecule has 0 N–H and O–H groups in total. The summed E-state index contributed by atoms with van der Waals surface area (Å²) in [6.07, 6.45) is -3.78. The van der Waals surface area contributed by atoms with Crippen LogP contribution in [0.2, 0.25) is 0 Å². The van der Waals surface area contributed by atoms with Crippen LogP contribution in [0, 0.1) is 5.92 Å². The Morgan fingerprint density at radius 3 is 2.69 bits per heavy atom. The number of amides is 2. The largest absolute Gasteiger partial charge is 0.406 e. The molecule has 6 nitrogen and oxygen atoms in total. The number of carbonyl (C=O) groups is 2. The second-order valence-corrected chi connectivity index (χ2v) is 6.32. The molecular weight excluding hydrogens is 349 g/mol. The molecule has 2 aliphatic rings. The van der Waals surface area contributed by atoms with E-state index in [1.807, 2.05) is 12.1 Å². The molecule has 0 aromatic heterocycles. The Kier molecular flexibility index (Phi) is 4.55. The number of rotatable bonds is 3. The number of nitrogens with zero attached hydrogens (tertiary/aromatic N) is 4. The van der Waals surface area contributed by atoms with Crippen molar-refractivity contribution >= 4 is 11.8 Å². The van der Waals surface area contributed by atoms with Gasteiger partial charge < -0.3 is 9.80 Å². The average Bonchev–Trinajstić information content (AvgIpc) is 2.92. The van der Waals surface area contributed by atoms with Gasteiger partial charge in [0.1, 0.15) is 0 Å². The lowest BCUT2D eigenvalue weighted by Gasteiger charge is -2.35. The van der Waals surface area contributed by atoms with Crippen LogP contribution in [0.4, 0.5) is 13.2 Å². The van der Waals surface area contributed by atoms with Crippen LogP contribution in [0.3, 0.4) is 0 Å². The quantitative estimate of drug-likeness (QED) is 0.826. The fourth-order valence-electron chi connectivity index (χ4n) is 3.27. The molecule has 0 radical (unpaired) electrons. The molecule has 0 fully saturated rings. The molecule has 0 spiro atoms. The Morgan fingerprint density at radius 2 is 2.04 bits per heavy atom. The summed E-state index contributed by atoms with van der Waals surface area (Å²) in [5.74, 6) is -3.88. The molecular formula is C17H17F3N4O2. The number of halogens is 3. The second kappa shape index (κ2) is 6.54. The molecule has 138 valence electrons. The van der Waals surface area contributed by atoms with E-state index in [0.29, 0.717) is 0 Å². The molecule has 0 bridgehead atoms. The third-order valence-electron chi connectivity index (χ3n) is 4.66. The molecule has 0 aliphatic carbocycles. The lowest BCUT2D eigenvalue weighted by Crippen LogP contribution is -2.42. The fraction of sp³-hybridized carbons (Fsp3) is 0.412. The Hall–Kier alpha value is -2.71. The van der Waals surface area contributed by atoms with E-state index in [-0.39, 0.29) is 24.7 Å². The minimum atomic E-state index is -4.77. The average molecular weight is 366 g/mol. The first-order valence-corrected chi connectivity index (χ1v) is 7.97. The Morgan fingerprint density at radius 1 is 1.35 bits per heavy atom. The standard InChI is InChI=1S/C17H17F3N4O2/c1-10(25)23(2)9-14-12-6-4-3-5-11(12)8-24(14)13-7-21-22-16(26)15(13)17(18,19)20/h3-7,14-15H,8-9H2,1-2H3. The van der Waals surface area contributed by atoms with E-state index in [9.17, 15) is 22.8 Å². The summed E-state index contributed by atoms with van der Waals surface area (Å²) < 4.78 is 40.5. The molecule has 1 aromatic rings. The molecule has 0 saturated carbocycles. The van der Waals surface area contributed by atoms with Gasteiger partial charge in [-0.1, -0.05) is 24.3 Å². The molecule has 2 aliphatic heterocycles. The summed E-state index contributed by atoms with van der Waals surface area (Å²) in [4.78, 5) is 26.4. The Balaban J connectivity index is 2.02. The number of fused-ring (bicyclic) bond motifs is 1. The van der Waals surface area contributed by atoms with Gasteiger partial charge in [-0.15, -0.1) is 5.11 Å². The van der Waals surface area contributed by atoms with Crippen molar-refractivity contribution in [3.63, 3.8) is 0 Å². The predicted octanol–water partition coefficient (Wildman–Crippen LogP) is 3.03. The van der Waals surface area contributed by atoms with Crippen LogP contribution in [-0.4, -0.2) is 41.4 Å². The molecule has 0 saturated heterocycles. The van der Waals surface area contributed by atoms with E-state index < -0.39 is 24.0 Å². The predicted molar refractivity (Wildman–Crippen MR) is 85.5 cm³/mol. The normalized spacial score (nSPS) is 22.3. The van der Waals surface area contributed by atoms with E-state index in [0.717, 1.165) is 17.3 Å². The van der Waals surface area contributed by atoms with Gasteiger partial charge in [0, 0.05) is 27.1 Å². The highest BCUT2D eigenvalue weighted by Crippen LogP contribution is 2.44. The fourth-order valence-corrected chi connectivity index (χ4v) is 3.27. The molecule has 26 heavy (non-hydrogen) atoms. The third kappa shape index (κ3) is 3.21. The van der Waals surface area contributed by atoms with Crippen molar-refractivity contribution in [2.75, 3.05) is 13.6 Å². The van der Waals surface area contributed by atoms with Gasteiger partial charge >= 0.3 is 6.18 Å². The number of alkyl halides is 3. The zero-order valence-corrected chi connectivity index (χ0v) is 14.2. The zero-order valence-electron chi connectivity index (χ0n) is 14.2. The highest BCUT2D eigenvalue weighted by atomic mass is 19.4. The van der Waals surface area contributed by atoms with Gasteiger partial charge in [-0.25, -0.2) is 0 Å². The number of azo groups is 1. The molecule has 2 atom stereocenters. The van der Waals surface area contributed by atoms with E-state index in [1.165, 1.54) is 16.7 Å². The Labute approximate surface area is 148 Å². The zero-order chi connectivity index (χ0) is 19.1. The minimum absolute atomic E-state index is 0.194. The summed E-state index contributed by atoms with van der Waals surface area (Å²) in [7, 11) is 1.59. The molecule has 9 heteroatoms. The van der Waals surface area contributed by atoms with Crippen molar-refractivity contribution in [2.45, 2.75) is 25.7 Å². The monoisotopic (exact) mass is 366 g/mol. The van der Waals surface area contributed by atoms with E-state index in [2.05, 4.69) is 10.2 Å². The number of hydrogen-bond acceptors (Lipinski definition) is 4. The van der Waals surface area contributed by atoms with E-state index in [1.54, 1.807) is 19.2 Å². The Bertz CT molecular complexity index is 803. The van der Waals surface area contributed by atoms with Crippen LogP contribution >= 0.6 is 0 Å². The topological polar surface area (TPSA) is 65.3 Å². The number of benzene rings is 1. The van der Waals surface area contributed by atoms with Crippen molar-refractivity contribution in [3.8, 4) is 0 Å². The summed E-state index contributed by atoms with van der Waals surface area (Å²) in [5.41, 5.74) is 1.44. The molecule has 2 amide bonds. The smallest absolute Gasteiger partial charge is 0.359 e. The maximum absolute atomic E-state index is 13.5. The lowest BCUT2D eigenvalue weighted by atomic mass is 10.0. The van der Waals surface area contributed by atoms with Crippen LogP contribution in [0.15, 0.2) is 46.4 Å². The van der Waals surface area contributed by atoms with Gasteiger partial charge in [0.05, 0.1) is 17.9 Å². The highest BCUT2D eigenvalue weighted by Gasteiger charge is 2.52. The van der Waals surface area contributed by atoms with Gasteiger partial charge in [0.2, 0.25) is 5.91 Å². The summed E-state index contributed by atoms with van der Waals surface area (Å²) >= 11 is 0. The third-order valence-corrected chi connectivity index (χ3v) is 4.66. The van der Waals surface area contributed by atoms with Crippen molar-refractivity contribution in [3.05, 3.63) is 47.3 Å². The SMILES string of the molecule is CC(=O)N(C)CC1c2ccccc2CN1C1=CN=NC(=O)C1C(F)(F)F. The van der Waals surface area contributed by atoms with Crippen LogP contribution in [0.5, 0.6) is 0 Å². The van der Waals surface area contributed by atoms with Gasteiger partial charge in [-0.3, -0.25) is 9.59 Å². The van der Waals surface area contributed by atoms with Crippen LogP contribution in [0.1, 0.15) is 24.1 Å². The van der Waals surface area contributed by atoms with Crippen LogP contribution < -0.4 is 0 Å². The molecule has 3 rings (SSSR count). The van der Waals surface area contributed by atoms with E-state index >= 15 is 0 Å².